The zero-order chi connectivity index (χ0) is 17.9. The lowest BCUT2D eigenvalue weighted by Crippen LogP contribution is -2.45. The van der Waals surface area contributed by atoms with Crippen LogP contribution in [0.3, 0.4) is 0 Å². The normalized spacial score (nSPS) is 22.8. The molecule has 25 heavy (non-hydrogen) atoms. The van der Waals surface area contributed by atoms with Gasteiger partial charge in [-0.1, -0.05) is 24.0 Å². The van der Waals surface area contributed by atoms with E-state index in [1.807, 2.05) is 38.2 Å². The van der Waals surface area contributed by atoms with Gasteiger partial charge in [-0.15, -0.1) is 0 Å². The molecule has 1 unspecified atom stereocenters. The molecule has 0 aliphatic heterocycles. The second-order valence-electron chi connectivity index (χ2n) is 6.84. The number of aliphatic hydroxyl groups is 1. The largest absolute Gasteiger partial charge is 0.378 e. The van der Waals surface area contributed by atoms with Gasteiger partial charge in [-0.3, -0.25) is 4.79 Å². The first-order valence-electron chi connectivity index (χ1n) is 8.55. The second-order valence-corrected chi connectivity index (χ2v) is 6.84. The van der Waals surface area contributed by atoms with Crippen LogP contribution < -0.4 is 5.32 Å². The van der Waals surface area contributed by atoms with Gasteiger partial charge in [0, 0.05) is 31.3 Å². The topological polar surface area (TPSA) is 67.2 Å². The summed E-state index contributed by atoms with van der Waals surface area (Å²) in [5.41, 5.74) is 1.36. The maximum absolute atomic E-state index is 12.2. The Bertz CT molecular complexity index is 831. The van der Waals surface area contributed by atoms with Crippen molar-refractivity contribution >= 4 is 5.91 Å². The predicted molar refractivity (Wildman–Crippen MR) is 95.9 cm³/mol. The quantitative estimate of drug-likeness (QED) is 0.826. The van der Waals surface area contributed by atoms with Crippen molar-refractivity contribution in [2.24, 2.45) is 7.05 Å². The summed E-state index contributed by atoms with van der Waals surface area (Å²) in [6.07, 6.45) is 6.01. The summed E-state index contributed by atoms with van der Waals surface area (Å²) < 4.78 is 1.74. The van der Waals surface area contributed by atoms with Gasteiger partial charge < -0.3 is 15.0 Å². The molecule has 1 aromatic carbocycles. The molecular formula is C20H23N3O2. The molecule has 2 aromatic rings. The third-order valence-electron chi connectivity index (χ3n) is 4.46. The van der Waals surface area contributed by atoms with Gasteiger partial charge in [0.2, 0.25) is 0 Å². The van der Waals surface area contributed by atoms with Crippen molar-refractivity contribution in [1.82, 2.24) is 14.9 Å². The molecule has 1 fully saturated rings. The van der Waals surface area contributed by atoms with Gasteiger partial charge in [-0.2, -0.15) is 0 Å². The Balaban J connectivity index is 1.67. The minimum atomic E-state index is -1.07. The number of benzene rings is 1. The zero-order valence-corrected chi connectivity index (χ0v) is 14.6. The van der Waals surface area contributed by atoms with Crippen LogP contribution in [0.1, 0.15) is 47.3 Å². The number of carbonyl (C=O) groups excluding carboxylic acids is 1. The van der Waals surface area contributed by atoms with Gasteiger partial charge in [0.25, 0.3) is 5.91 Å². The summed E-state index contributed by atoms with van der Waals surface area (Å²) in [5, 5.41) is 13.8. The van der Waals surface area contributed by atoms with E-state index in [1.54, 1.807) is 17.1 Å². The molecule has 0 radical (unpaired) electrons. The molecule has 1 amide bonds. The number of aryl methyl sites for hydroxylation is 2. The van der Waals surface area contributed by atoms with Crippen molar-refractivity contribution in [2.45, 2.75) is 44.2 Å². The first kappa shape index (κ1) is 17.2. The summed E-state index contributed by atoms with van der Waals surface area (Å²) in [4.78, 5) is 16.3. The smallest absolute Gasteiger partial charge is 0.271 e. The number of carbonyl (C=O) groups is 1. The van der Waals surface area contributed by atoms with Crippen LogP contribution in [0.2, 0.25) is 0 Å². The molecule has 0 spiro atoms. The fourth-order valence-corrected chi connectivity index (χ4v) is 3.19. The Morgan fingerprint density at radius 2 is 2.32 bits per heavy atom. The molecule has 1 aliphatic rings. The molecule has 1 heterocycles. The van der Waals surface area contributed by atoms with Crippen molar-refractivity contribution in [2.75, 3.05) is 0 Å². The molecule has 130 valence electrons. The van der Waals surface area contributed by atoms with Crippen LogP contribution >= 0.6 is 0 Å². The molecule has 0 saturated heterocycles. The Labute approximate surface area is 148 Å². The van der Waals surface area contributed by atoms with E-state index < -0.39 is 5.60 Å². The molecule has 1 aliphatic carbocycles. The third-order valence-corrected chi connectivity index (χ3v) is 4.46. The molecular weight excluding hydrogens is 314 g/mol. The van der Waals surface area contributed by atoms with E-state index >= 15 is 0 Å². The number of hydrogen-bond acceptors (Lipinski definition) is 3. The van der Waals surface area contributed by atoms with E-state index in [9.17, 15) is 9.90 Å². The molecule has 0 bridgehead atoms. The van der Waals surface area contributed by atoms with E-state index in [4.69, 9.17) is 0 Å². The number of aromatic nitrogens is 2. The maximum Gasteiger partial charge on any atom is 0.271 e. The van der Waals surface area contributed by atoms with Gasteiger partial charge in [0.1, 0.15) is 11.3 Å². The maximum atomic E-state index is 12.2. The van der Waals surface area contributed by atoms with Crippen LogP contribution in [0, 0.1) is 18.8 Å². The van der Waals surface area contributed by atoms with E-state index in [0.717, 1.165) is 24.0 Å². The van der Waals surface area contributed by atoms with Gasteiger partial charge >= 0.3 is 0 Å². The standard InChI is InChI=1S/C20H23N3O2/c1-15-5-3-6-16(11-15)8-10-20(25)9-4-7-17(12-20)22-19(24)18-13-23(2)14-21-18/h3,5-6,11,13-14,17,25H,4,7,9,12H2,1-2H3,(H,22,24)/t17-,20?/m1/s1. The van der Waals surface area contributed by atoms with E-state index in [1.165, 1.54) is 0 Å². The molecule has 2 N–H and O–H groups in total. The SMILES string of the molecule is Cc1cccc(C#CC2(O)CCC[C@@H](NC(=O)c3cn(C)cn3)C2)c1. The average molecular weight is 337 g/mol. The summed E-state index contributed by atoms with van der Waals surface area (Å²) in [5.74, 6) is 5.89. The van der Waals surface area contributed by atoms with Crippen molar-refractivity contribution < 1.29 is 9.90 Å². The molecule has 2 atom stereocenters. The fraction of sp³-hybridized carbons (Fsp3) is 0.400. The number of nitrogens with one attached hydrogen (secondary N) is 1. The summed E-state index contributed by atoms with van der Waals surface area (Å²) in [7, 11) is 1.82. The van der Waals surface area contributed by atoms with Gasteiger partial charge in [0.15, 0.2) is 0 Å². The zero-order valence-electron chi connectivity index (χ0n) is 14.6. The molecule has 3 rings (SSSR count). The lowest BCUT2D eigenvalue weighted by molar-refractivity contribution is 0.0451. The molecule has 5 heteroatoms. The number of hydrogen-bond donors (Lipinski definition) is 2. The van der Waals surface area contributed by atoms with Crippen LogP contribution in [-0.4, -0.2) is 32.2 Å². The highest BCUT2D eigenvalue weighted by Crippen LogP contribution is 2.28. The van der Waals surface area contributed by atoms with Crippen molar-refractivity contribution in [3.63, 3.8) is 0 Å². The molecule has 1 saturated carbocycles. The number of rotatable bonds is 2. The highest BCUT2D eigenvalue weighted by molar-refractivity contribution is 5.92. The van der Waals surface area contributed by atoms with Crippen LogP contribution in [0.5, 0.6) is 0 Å². The number of imidazole rings is 1. The summed E-state index contributed by atoms with van der Waals surface area (Å²) >= 11 is 0. The Morgan fingerprint density at radius 3 is 3.04 bits per heavy atom. The van der Waals surface area contributed by atoms with Crippen molar-refractivity contribution in [3.05, 3.63) is 53.6 Å². The average Bonchev–Trinajstić information content (AvgIpc) is 3.00. The first-order valence-corrected chi connectivity index (χ1v) is 8.55. The van der Waals surface area contributed by atoms with E-state index in [0.29, 0.717) is 18.5 Å². The van der Waals surface area contributed by atoms with Crippen molar-refractivity contribution in [3.8, 4) is 11.8 Å². The first-order chi connectivity index (χ1) is 11.9. The fourth-order valence-electron chi connectivity index (χ4n) is 3.19. The molecule has 5 nitrogen and oxygen atoms in total. The lowest BCUT2D eigenvalue weighted by atomic mass is 9.82. The highest BCUT2D eigenvalue weighted by atomic mass is 16.3. The van der Waals surface area contributed by atoms with Gasteiger partial charge in [0.05, 0.1) is 6.33 Å². The van der Waals surface area contributed by atoms with E-state index in [-0.39, 0.29) is 11.9 Å². The van der Waals surface area contributed by atoms with Crippen molar-refractivity contribution in [1.29, 1.82) is 0 Å². The van der Waals surface area contributed by atoms with Crippen LogP contribution in [-0.2, 0) is 7.05 Å². The third kappa shape index (κ3) is 4.49. The lowest BCUT2D eigenvalue weighted by Gasteiger charge is -2.33. The predicted octanol–water partition coefficient (Wildman–Crippen LogP) is 2.18. The minimum absolute atomic E-state index is 0.0972. The number of nitrogens with zero attached hydrogens (tertiary/aromatic N) is 2. The summed E-state index contributed by atoms with van der Waals surface area (Å²) in [6, 6.07) is 7.82. The number of amides is 1. The Morgan fingerprint density at radius 1 is 1.48 bits per heavy atom. The molecule has 1 aromatic heterocycles. The van der Waals surface area contributed by atoms with E-state index in [2.05, 4.69) is 22.1 Å². The van der Waals surface area contributed by atoms with Crippen LogP contribution in [0.15, 0.2) is 36.8 Å². The monoisotopic (exact) mass is 337 g/mol. The summed E-state index contributed by atoms with van der Waals surface area (Å²) in [6.45, 7) is 2.02. The van der Waals surface area contributed by atoms with Crippen LogP contribution in [0.4, 0.5) is 0 Å². The van der Waals surface area contributed by atoms with Crippen LogP contribution in [0.25, 0.3) is 0 Å². The highest BCUT2D eigenvalue weighted by Gasteiger charge is 2.33. The minimum Gasteiger partial charge on any atom is -0.378 e. The Kier molecular flexibility index (Phi) is 4.91. The van der Waals surface area contributed by atoms with Gasteiger partial charge in [-0.05, 0) is 43.9 Å². The van der Waals surface area contributed by atoms with Gasteiger partial charge in [-0.25, -0.2) is 4.98 Å². The Hall–Kier alpha value is -2.58. The second kappa shape index (κ2) is 7.12.